The van der Waals surface area contributed by atoms with Crippen LogP contribution in [0.3, 0.4) is 0 Å². The molecule has 5 N–H and O–H groups in total. The van der Waals surface area contributed by atoms with E-state index in [1.54, 1.807) is 0 Å². The number of aromatic nitrogens is 2. The lowest BCUT2D eigenvalue weighted by Gasteiger charge is -2.05. The standard InChI is InChI=1S/C13H15N5O2/c14-12(18-20)10-8-15-17-13(10)16-11(19)7-6-9-4-2-1-3-5-9/h1-5,8,20H,6-7H2,(H2,14,18)(H2,15,16,17,19). The molecule has 0 bridgehead atoms. The van der Waals surface area contributed by atoms with Crippen molar-refractivity contribution in [1.29, 1.82) is 0 Å². The summed E-state index contributed by atoms with van der Waals surface area (Å²) in [5.74, 6) is 0.0283. The minimum absolute atomic E-state index is 0.114. The van der Waals surface area contributed by atoms with Crippen LogP contribution in [0.4, 0.5) is 5.82 Å². The molecule has 0 aliphatic heterocycles. The van der Waals surface area contributed by atoms with E-state index < -0.39 is 0 Å². The Bertz CT molecular complexity index is 606. The lowest BCUT2D eigenvalue weighted by atomic mass is 10.1. The van der Waals surface area contributed by atoms with Crippen LogP contribution in [0.25, 0.3) is 0 Å². The minimum atomic E-state index is -0.176. The van der Waals surface area contributed by atoms with E-state index in [1.165, 1.54) is 6.20 Å². The second kappa shape index (κ2) is 6.37. The number of aryl methyl sites for hydroxylation is 1. The van der Waals surface area contributed by atoms with Gasteiger partial charge in [0.15, 0.2) is 5.84 Å². The molecule has 20 heavy (non-hydrogen) atoms. The second-order valence-electron chi connectivity index (χ2n) is 4.18. The number of benzene rings is 1. The third kappa shape index (κ3) is 3.35. The van der Waals surface area contributed by atoms with Crippen LogP contribution in [-0.4, -0.2) is 27.1 Å². The summed E-state index contributed by atoms with van der Waals surface area (Å²) in [6, 6.07) is 9.71. The van der Waals surface area contributed by atoms with Gasteiger partial charge in [0.05, 0.1) is 11.8 Å². The Hall–Kier alpha value is -2.83. The first-order valence-corrected chi connectivity index (χ1v) is 6.05. The van der Waals surface area contributed by atoms with Crippen LogP contribution in [0.15, 0.2) is 41.7 Å². The largest absolute Gasteiger partial charge is 0.409 e. The number of carbonyl (C=O) groups is 1. The van der Waals surface area contributed by atoms with Gasteiger partial charge in [-0.25, -0.2) is 0 Å². The zero-order valence-electron chi connectivity index (χ0n) is 10.7. The van der Waals surface area contributed by atoms with Gasteiger partial charge < -0.3 is 16.3 Å². The molecule has 1 amide bonds. The van der Waals surface area contributed by atoms with E-state index in [9.17, 15) is 4.79 Å². The van der Waals surface area contributed by atoms with Gasteiger partial charge in [-0.15, -0.1) is 0 Å². The SMILES string of the molecule is NC(=NO)c1cn[nH]c1NC(=O)CCc1ccccc1. The van der Waals surface area contributed by atoms with Crippen molar-refractivity contribution in [2.75, 3.05) is 5.32 Å². The lowest BCUT2D eigenvalue weighted by Crippen LogP contribution is -2.18. The number of hydrogen-bond acceptors (Lipinski definition) is 4. The van der Waals surface area contributed by atoms with Crippen molar-refractivity contribution in [2.24, 2.45) is 10.9 Å². The quantitative estimate of drug-likeness (QED) is 0.282. The van der Waals surface area contributed by atoms with Gasteiger partial charge in [0.1, 0.15) is 5.82 Å². The van der Waals surface area contributed by atoms with Crippen LogP contribution >= 0.6 is 0 Å². The molecule has 0 atom stereocenters. The number of nitrogens with one attached hydrogen (secondary N) is 2. The molecular weight excluding hydrogens is 258 g/mol. The van der Waals surface area contributed by atoms with Crippen LogP contribution < -0.4 is 11.1 Å². The maximum absolute atomic E-state index is 11.8. The molecule has 7 heteroatoms. The highest BCUT2D eigenvalue weighted by molar-refractivity contribution is 6.04. The Morgan fingerprint density at radius 3 is 2.85 bits per heavy atom. The number of amides is 1. The van der Waals surface area contributed by atoms with Crippen molar-refractivity contribution in [2.45, 2.75) is 12.8 Å². The zero-order valence-corrected chi connectivity index (χ0v) is 10.7. The second-order valence-corrected chi connectivity index (χ2v) is 4.18. The minimum Gasteiger partial charge on any atom is -0.409 e. The van der Waals surface area contributed by atoms with Crippen LogP contribution in [0.1, 0.15) is 17.5 Å². The summed E-state index contributed by atoms with van der Waals surface area (Å²) in [5.41, 5.74) is 6.90. The Morgan fingerprint density at radius 2 is 2.15 bits per heavy atom. The number of amidine groups is 1. The number of H-pyrrole nitrogens is 1. The Morgan fingerprint density at radius 1 is 1.40 bits per heavy atom. The molecule has 2 aromatic rings. The van der Waals surface area contributed by atoms with E-state index in [1.807, 2.05) is 30.3 Å². The third-order valence-electron chi connectivity index (χ3n) is 2.77. The van der Waals surface area contributed by atoms with Crippen molar-refractivity contribution in [3.05, 3.63) is 47.7 Å². The first kappa shape index (κ1) is 13.6. The van der Waals surface area contributed by atoms with Crippen molar-refractivity contribution >= 4 is 17.6 Å². The maximum atomic E-state index is 11.8. The lowest BCUT2D eigenvalue weighted by molar-refractivity contribution is -0.116. The molecule has 0 fully saturated rings. The topological polar surface area (TPSA) is 116 Å². The van der Waals surface area contributed by atoms with Crippen LogP contribution in [-0.2, 0) is 11.2 Å². The fourth-order valence-corrected chi connectivity index (χ4v) is 1.73. The molecule has 0 saturated carbocycles. The van der Waals surface area contributed by atoms with E-state index in [2.05, 4.69) is 20.7 Å². The number of anilines is 1. The number of carbonyl (C=O) groups excluding carboxylic acids is 1. The van der Waals surface area contributed by atoms with E-state index >= 15 is 0 Å². The fraction of sp³-hybridized carbons (Fsp3) is 0.154. The van der Waals surface area contributed by atoms with E-state index in [-0.39, 0.29) is 11.7 Å². The number of rotatable bonds is 5. The maximum Gasteiger partial charge on any atom is 0.225 e. The van der Waals surface area contributed by atoms with E-state index in [4.69, 9.17) is 10.9 Å². The van der Waals surface area contributed by atoms with Gasteiger partial charge in [-0.1, -0.05) is 35.5 Å². The molecule has 0 aliphatic carbocycles. The molecule has 7 nitrogen and oxygen atoms in total. The Kier molecular flexibility index (Phi) is 4.33. The number of nitrogens with zero attached hydrogens (tertiary/aromatic N) is 2. The number of aromatic amines is 1. The first-order valence-electron chi connectivity index (χ1n) is 6.05. The van der Waals surface area contributed by atoms with Gasteiger partial charge >= 0.3 is 0 Å². The highest BCUT2D eigenvalue weighted by Crippen LogP contribution is 2.11. The summed E-state index contributed by atoms with van der Waals surface area (Å²) in [7, 11) is 0. The predicted molar refractivity (Wildman–Crippen MR) is 74.5 cm³/mol. The Balaban J connectivity index is 1.94. The highest BCUT2D eigenvalue weighted by Gasteiger charge is 2.12. The van der Waals surface area contributed by atoms with E-state index in [0.29, 0.717) is 24.2 Å². The summed E-state index contributed by atoms with van der Waals surface area (Å²) >= 11 is 0. The third-order valence-corrected chi connectivity index (χ3v) is 2.77. The summed E-state index contributed by atoms with van der Waals surface area (Å²) in [6.07, 6.45) is 2.35. The molecule has 1 aromatic carbocycles. The predicted octanol–water partition coefficient (Wildman–Crippen LogP) is 1.08. The summed E-state index contributed by atoms with van der Waals surface area (Å²) in [6.45, 7) is 0. The number of oxime groups is 1. The summed E-state index contributed by atoms with van der Waals surface area (Å²) < 4.78 is 0. The smallest absolute Gasteiger partial charge is 0.225 e. The van der Waals surface area contributed by atoms with Gasteiger partial charge in [-0.05, 0) is 12.0 Å². The van der Waals surface area contributed by atoms with Gasteiger partial charge in [0, 0.05) is 6.42 Å². The summed E-state index contributed by atoms with van der Waals surface area (Å²) in [5, 5.41) is 20.5. The van der Waals surface area contributed by atoms with Gasteiger partial charge in [-0.3, -0.25) is 9.89 Å². The van der Waals surface area contributed by atoms with Gasteiger partial charge in [-0.2, -0.15) is 5.10 Å². The van der Waals surface area contributed by atoms with Crippen LogP contribution in [0.2, 0.25) is 0 Å². The molecule has 104 valence electrons. The van der Waals surface area contributed by atoms with Gasteiger partial charge in [0.25, 0.3) is 0 Å². The molecule has 0 spiro atoms. The average Bonchev–Trinajstić information content (AvgIpc) is 2.93. The van der Waals surface area contributed by atoms with Crippen molar-refractivity contribution in [3.63, 3.8) is 0 Å². The van der Waals surface area contributed by atoms with E-state index in [0.717, 1.165) is 5.56 Å². The van der Waals surface area contributed by atoms with Gasteiger partial charge in [0.2, 0.25) is 5.91 Å². The summed E-state index contributed by atoms with van der Waals surface area (Å²) in [4.78, 5) is 11.8. The molecular formula is C13H15N5O2. The fourth-order valence-electron chi connectivity index (χ4n) is 1.73. The van der Waals surface area contributed by atoms with Crippen molar-refractivity contribution in [1.82, 2.24) is 10.2 Å². The number of hydrogen-bond donors (Lipinski definition) is 4. The zero-order chi connectivity index (χ0) is 14.4. The van der Waals surface area contributed by atoms with Crippen LogP contribution in [0, 0.1) is 0 Å². The number of nitrogens with two attached hydrogens (primary N) is 1. The first-order chi connectivity index (χ1) is 9.70. The molecule has 0 unspecified atom stereocenters. The molecule has 1 aromatic heterocycles. The highest BCUT2D eigenvalue weighted by atomic mass is 16.4. The monoisotopic (exact) mass is 273 g/mol. The van der Waals surface area contributed by atoms with Crippen LogP contribution in [0.5, 0.6) is 0 Å². The normalized spacial score (nSPS) is 11.3. The van der Waals surface area contributed by atoms with Crippen molar-refractivity contribution in [3.8, 4) is 0 Å². The average molecular weight is 273 g/mol. The van der Waals surface area contributed by atoms with Crippen molar-refractivity contribution < 1.29 is 10.0 Å². The molecule has 0 aliphatic rings. The molecule has 1 heterocycles. The molecule has 0 radical (unpaired) electrons. The Labute approximate surface area is 115 Å². The molecule has 0 saturated heterocycles. The molecule has 2 rings (SSSR count).